The van der Waals surface area contributed by atoms with Crippen molar-refractivity contribution in [3.63, 3.8) is 0 Å². The predicted molar refractivity (Wildman–Crippen MR) is 48.8 cm³/mol. The van der Waals surface area contributed by atoms with Crippen molar-refractivity contribution in [2.24, 2.45) is 0 Å². The highest BCUT2D eigenvalue weighted by atomic mass is 19.4. The quantitative estimate of drug-likeness (QED) is 0.872. The maximum atomic E-state index is 12.3. The molecule has 1 unspecified atom stereocenters. The van der Waals surface area contributed by atoms with Crippen LogP contribution in [0.5, 0.6) is 0 Å². The van der Waals surface area contributed by atoms with Gasteiger partial charge in [0, 0.05) is 6.20 Å². The van der Waals surface area contributed by atoms with Crippen molar-refractivity contribution in [1.29, 1.82) is 0 Å². The molecule has 0 fully saturated rings. The summed E-state index contributed by atoms with van der Waals surface area (Å²) in [5.41, 5.74) is -0.865. The van der Waals surface area contributed by atoms with Gasteiger partial charge in [0.05, 0.1) is 24.2 Å². The molecule has 0 saturated carbocycles. The largest absolute Gasteiger partial charge is 0.481 e. The molecule has 0 aliphatic carbocycles. The van der Waals surface area contributed by atoms with Crippen LogP contribution >= 0.6 is 0 Å². The van der Waals surface area contributed by atoms with Crippen LogP contribution < -0.4 is 0 Å². The standard InChI is InChI=1S/C9H11F3N2O2/c1-2-7(3-8(15)16)14-5-6(4-13-14)9(10,11)12/h4-5,7H,2-3H2,1H3,(H,15,16). The Morgan fingerprint density at radius 2 is 2.25 bits per heavy atom. The third-order valence-electron chi connectivity index (χ3n) is 2.18. The van der Waals surface area contributed by atoms with E-state index in [1.807, 2.05) is 0 Å². The van der Waals surface area contributed by atoms with Gasteiger partial charge in [0.1, 0.15) is 0 Å². The van der Waals surface area contributed by atoms with E-state index >= 15 is 0 Å². The number of carboxylic acid groups (broad SMARTS) is 1. The monoisotopic (exact) mass is 236 g/mol. The smallest absolute Gasteiger partial charge is 0.419 e. The fourth-order valence-corrected chi connectivity index (χ4v) is 1.31. The summed E-state index contributed by atoms with van der Waals surface area (Å²) in [5, 5.41) is 12.1. The van der Waals surface area contributed by atoms with Gasteiger partial charge in [-0.2, -0.15) is 18.3 Å². The summed E-state index contributed by atoms with van der Waals surface area (Å²) in [7, 11) is 0. The van der Waals surface area contributed by atoms with Crippen molar-refractivity contribution in [3.05, 3.63) is 18.0 Å². The maximum Gasteiger partial charge on any atom is 0.419 e. The Morgan fingerprint density at radius 3 is 2.62 bits per heavy atom. The molecule has 1 atom stereocenters. The number of nitrogens with zero attached hydrogens (tertiary/aromatic N) is 2. The molecule has 7 heteroatoms. The summed E-state index contributed by atoms with van der Waals surface area (Å²) in [6.45, 7) is 1.70. The summed E-state index contributed by atoms with van der Waals surface area (Å²) >= 11 is 0. The fraction of sp³-hybridized carbons (Fsp3) is 0.556. The molecular formula is C9H11F3N2O2. The Hall–Kier alpha value is -1.53. The van der Waals surface area contributed by atoms with Crippen molar-refractivity contribution in [1.82, 2.24) is 9.78 Å². The Labute approximate surface area is 89.7 Å². The highest BCUT2D eigenvalue weighted by Crippen LogP contribution is 2.29. The van der Waals surface area contributed by atoms with Gasteiger partial charge in [0.2, 0.25) is 0 Å². The van der Waals surface area contributed by atoms with E-state index in [-0.39, 0.29) is 6.42 Å². The number of rotatable bonds is 4. The van der Waals surface area contributed by atoms with Crippen LogP contribution in [0.2, 0.25) is 0 Å². The first kappa shape index (κ1) is 12.5. The van der Waals surface area contributed by atoms with Crippen LogP contribution in [0.15, 0.2) is 12.4 Å². The number of carbonyl (C=O) groups is 1. The van der Waals surface area contributed by atoms with Gasteiger partial charge in [0.15, 0.2) is 0 Å². The number of alkyl halides is 3. The molecule has 16 heavy (non-hydrogen) atoms. The number of aromatic nitrogens is 2. The second-order valence-electron chi connectivity index (χ2n) is 3.37. The molecule has 0 aromatic carbocycles. The minimum absolute atomic E-state index is 0.241. The first-order valence-corrected chi connectivity index (χ1v) is 4.67. The Morgan fingerprint density at radius 1 is 1.62 bits per heavy atom. The lowest BCUT2D eigenvalue weighted by molar-refractivity contribution is -0.138. The lowest BCUT2D eigenvalue weighted by Gasteiger charge is -2.12. The molecule has 0 saturated heterocycles. The van der Waals surface area contributed by atoms with E-state index < -0.39 is 23.8 Å². The molecule has 4 nitrogen and oxygen atoms in total. The average Bonchev–Trinajstić information content (AvgIpc) is 2.61. The molecule has 0 amide bonds. The first-order chi connectivity index (χ1) is 7.34. The zero-order chi connectivity index (χ0) is 12.3. The number of halogens is 3. The van der Waals surface area contributed by atoms with E-state index in [4.69, 9.17) is 5.11 Å². The van der Waals surface area contributed by atoms with E-state index in [1.165, 1.54) is 0 Å². The fourth-order valence-electron chi connectivity index (χ4n) is 1.31. The highest BCUT2D eigenvalue weighted by Gasteiger charge is 2.32. The summed E-state index contributed by atoms with van der Waals surface area (Å²) in [5.74, 6) is -1.06. The van der Waals surface area contributed by atoms with Crippen LogP contribution in [0.25, 0.3) is 0 Å². The highest BCUT2D eigenvalue weighted by molar-refractivity contribution is 5.67. The lowest BCUT2D eigenvalue weighted by atomic mass is 10.1. The van der Waals surface area contributed by atoms with Gasteiger partial charge in [-0.05, 0) is 6.42 Å². The van der Waals surface area contributed by atoms with Gasteiger partial charge >= 0.3 is 12.1 Å². The third kappa shape index (κ3) is 2.98. The van der Waals surface area contributed by atoms with Crippen LogP contribution in [-0.4, -0.2) is 20.9 Å². The van der Waals surface area contributed by atoms with Crippen LogP contribution in [0.4, 0.5) is 13.2 Å². The molecule has 0 aliphatic heterocycles. The van der Waals surface area contributed by atoms with Gasteiger partial charge in [-0.1, -0.05) is 6.92 Å². The second kappa shape index (κ2) is 4.54. The van der Waals surface area contributed by atoms with E-state index in [0.717, 1.165) is 10.9 Å². The average molecular weight is 236 g/mol. The van der Waals surface area contributed by atoms with Crippen LogP contribution in [-0.2, 0) is 11.0 Å². The SMILES string of the molecule is CCC(CC(=O)O)n1cc(C(F)(F)F)cn1. The molecular weight excluding hydrogens is 225 g/mol. The summed E-state index contributed by atoms with van der Waals surface area (Å²) < 4.78 is 37.8. The van der Waals surface area contributed by atoms with Crippen LogP contribution in [0.3, 0.4) is 0 Å². The van der Waals surface area contributed by atoms with Crippen molar-refractivity contribution in [2.45, 2.75) is 32.0 Å². The summed E-state index contributed by atoms with van der Waals surface area (Å²) in [6, 6.07) is -0.548. The molecule has 1 aromatic heterocycles. The van der Waals surface area contributed by atoms with Crippen molar-refractivity contribution in [2.75, 3.05) is 0 Å². The predicted octanol–water partition coefficient (Wildman–Crippen LogP) is 2.33. The number of hydrogen-bond acceptors (Lipinski definition) is 2. The number of hydrogen-bond donors (Lipinski definition) is 1. The number of carboxylic acids is 1. The minimum atomic E-state index is -4.44. The molecule has 1 aromatic rings. The van der Waals surface area contributed by atoms with E-state index in [9.17, 15) is 18.0 Å². The Kier molecular flexibility index (Phi) is 3.56. The van der Waals surface area contributed by atoms with Gasteiger partial charge in [-0.25, -0.2) is 0 Å². The molecule has 0 bridgehead atoms. The summed E-state index contributed by atoms with van der Waals surface area (Å²) in [4.78, 5) is 10.5. The molecule has 1 N–H and O–H groups in total. The first-order valence-electron chi connectivity index (χ1n) is 4.67. The third-order valence-corrected chi connectivity index (χ3v) is 2.18. The lowest BCUT2D eigenvalue weighted by Crippen LogP contribution is -2.13. The van der Waals surface area contributed by atoms with Crippen molar-refractivity contribution in [3.8, 4) is 0 Å². The topological polar surface area (TPSA) is 55.1 Å². The number of aliphatic carboxylic acids is 1. The van der Waals surface area contributed by atoms with Crippen LogP contribution in [0, 0.1) is 0 Å². The Balaban J connectivity index is 2.87. The van der Waals surface area contributed by atoms with E-state index in [1.54, 1.807) is 6.92 Å². The van der Waals surface area contributed by atoms with Gasteiger partial charge in [-0.15, -0.1) is 0 Å². The molecule has 90 valence electrons. The zero-order valence-corrected chi connectivity index (χ0v) is 8.53. The molecule has 0 aliphatic rings. The second-order valence-corrected chi connectivity index (χ2v) is 3.37. The van der Waals surface area contributed by atoms with E-state index in [0.29, 0.717) is 12.6 Å². The van der Waals surface area contributed by atoms with E-state index in [2.05, 4.69) is 5.10 Å². The molecule has 1 heterocycles. The summed E-state index contributed by atoms with van der Waals surface area (Å²) in [6.07, 6.45) is -2.75. The zero-order valence-electron chi connectivity index (χ0n) is 8.53. The van der Waals surface area contributed by atoms with Gasteiger partial charge in [0.25, 0.3) is 0 Å². The van der Waals surface area contributed by atoms with Crippen LogP contribution in [0.1, 0.15) is 31.4 Å². The Bertz CT molecular complexity index is 373. The van der Waals surface area contributed by atoms with Crippen molar-refractivity contribution >= 4 is 5.97 Å². The van der Waals surface area contributed by atoms with Gasteiger partial charge < -0.3 is 5.11 Å². The molecule has 1 rings (SSSR count). The van der Waals surface area contributed by atoms with Crippen molar-refractivity contribution < 1.29 is 23.1 Å². The van der Waals surface area contributed by atoms with Gasteiger partial charge in [-0.3, -0.25) is 9.48 Å². The maximum absolute atomic E-state index is 12.3. The molecule has 0 spiro atoms. The molecule has 0 radical (unpaired) electrons. The minimum Gasteiger partial charge on any atom is -0.481 e. The normalized spacial score (nSPS) is 13.8.